The summed E-state index contributed by atoms with van der Waals surface area (Å²) in [6.07, 6.45) is -9.49. The summed E-state index contributed by atoms with van der Waals surface area (Å²) < 4.78 is 134. The van der Waals surface area contributed by atoms with Crippen LogP contribution in [-0.4, -0.2) is 29.3 Å². The van der Waals surface area contributed by atoms with Crippen molar-refractivity contribution in [3.05, 3.63) is 114 Å². The first kappa shape index (κ1) is 33.3. The Bertz CT molecular complexity index is 1910. The van der Waals surface area contributed by atoms with Gasteiger partial charge in [-0.25, -0.2) is 16.8 Å². The number of hydrogen-bond donors (Lipinski definition) is 2. The lowest BCUT2D eigenvalue weighted by Crippen LogP contribution is -2.38. The molecule has 0 bridgehead atoms. The number of rotatable bonds is 9. The van der Waals surface area contributed by atoms with Crippen molar-refractivity contribution < 1.29 is 48.0 Å². The number of carbonyl (C=O) groups excluding carboxylic acids is 1. The number of benzene rings is 4. The minimum absolute atomic E-state index is 0.00487. The highest BCUT2D eigenvalue weighted by Crippen LogP contribution is 2.34. The molecule has 0 aliphatic heterocycles. The molecule has 0 fully saturated rings. The molecule has 4 aromatic rings. The van der Waals surface area contributed by atoms with Crippen molar-refractivity contribution >= 4 is 43.0 Å². The summed E-state index contributed by atoms with van der Waals surface area (Å²) in [5.41, 5.74) is -2.26. The van der Waals surface area contributed by atoms with E-state index in [0.29, 0.717) is 22.0 Å². The van der Waals surface area contributed by atoms with Crippen LogP contribution in [0.25, 0.3) is 0 Å². The van der Waals surface area contributed by atoms with Crippen molar-refractivity contribution in [2.75, 3.05) is 20.9 Å². The molecule has 1 amide bonds. The van der Waals surface area contributed by atoms with Gasteiger partial charge in [-0.05, 0) is 79.7 Å². The van der Waals surface area contributed by atoms with E-state index in [-0.39, 0.29) is 21.2 Å². The molecule has 0 aliphatic rings. The van der Waals surface area contributed by atoms with Crippen LogP contribution in [-0.2, 0) is 37.2 Å². The lowest BCUT2D eigenvalue weighted by molar-refractivity contribution is -0.138. The number of halogens is 6. The third-order valence-electron chi connectivity index (χ3n) is 6.25. The van der Waals surface area contributed by atoms with Crippen molar-refractivity contribution in [2.24, 2.45) is 0 Å². The van der Waals surface area contributed by atoms with E-state index in [0.717, 1.165) is 60.7 Å². The highest BCUT2D eigenvalue weighted by Gasteiger charge is 2.34. The zero-order valence-corrected chi connectivity index (χ0v) is 24.7. The SMILES string of the molecule is Cc1ccc(S(=O)(=O)N(CC(=O)Nc2ccc(S(=O)(=O)Nc3cccc(C(F)(F)F)c3)cc2)c2cccc(C(F)(F)F)c2)cc1. The molecule has 4 rings (SSSR count). The minimum Gasteiger partial charge on any atom is -0.325 e. The lowest BCUT2D eigenvalue weighted by Gasteiger charge is -2.25. The van der Waals surface area contributed by atoms with E-state index < -0.39 is 61.7 Å². The number of aryl methyl sites for hydroxylation is 1. The predicted octanol–water partition coefficient (Wildman–Crippen LogP) is 6.67. The topological polar surface area (TPSA) is 113 Å². The molecule has 238 valence electrons. The van der Waals surface area contributed by atoms with Gasteiger partial charge in [0.2, 0.25) is 5.91 Å². The molecule has 4 aromatic carbocycles. The van der Waals surface area contributed by atoms with Crippen LogP contribution in [0.5, 0.6) is 0 Å². The van der Waals surface area contributed by atoms with E-state index in [9.17, 15) is 48.0 Å². The van der Waals surface area contributed by atoms with E-state index >= 15 is 0 Å². The highest BCUT2D eigenvalue weighted by atomic mass is 32.2. The molecule has 8 nitrogen and oxygen atoms in total. The summed E-state index contributed by atoms with van der Waals surface area (Å²) in [6, 6.07) is 16.8. The Balaban J connectivity index is 1.56. The van der Waals surface area contributed by atoms with Crippen molar-refractivity contribution in [1.29, 1.82) is 0 Å². The van der Waals surface area contributed by atoms with Gasteiger partial charge in [0.05, 0.1) is 26.6 Å². The molecule has 0 radical (unpaired) electrons. The Labute approximate surface area is 254 Å². The molecule has 0 unspecified atom stereocenters. The first-order valence-corrected chi connectivity index (χ1v) is 15.7. The third-order valence-corrected chi connectivity index (χ3v) is 9.43. The number of hydrogen-bond acceptors (Lipinski definition) is 5. The Morgan fingerprint density at radius 2 is 1.22 bits per heavy atom. The van der Waals surface area contributed by atoms with Crippen LogP contribution < -0.4 is 14.3 Å². The maximum absolute atomic E-state index is 13.5. The Hall–Kier alpha value is -4.57. The Morgan fingerprint density at radius 1 is 0.689 bits per heavy atom. The van der Waals surface area contributed by atoms with Gasteiger partial charge in [0.25, 0.3) is 20.0 Å². The number of amides is 1. The smallest absolute Gasteiger partial charge is 0.325 e. The Kier molecular flexibility index (Phi) is 9.21. The largest absolute Gasteiger partial charge is 0.416 e. The summed E-state index contributed by atoms with van der Waals surface area (Å²) in [5.74, 6) is -0.971. The van der Waals surface area contributed by atoms with Gasteiger partial charge in [0.1, 0.15) is 6.54 Å². The fourth-order valence-electron chi connectivity index (χ4n) is 4.01. The first-order valence-electron chi connectivity index (χ1n) is 12.7. The van der Waals surface area contributed by atoms with Crippen molar-refractivity contribution in [2.45, 2.75) is 29.1 Å². The summed E-state index contributed by atoms with van der Waals surface area (Å²) >= 11 is 0. The molecule has 0 aromatic heterocycles. The van der Waals surface area contributed by atoms with Crippen LogP contribution in [0.2, 0.25) is 0 Å². The summed E-state index contributed by atoms with van der Waals surface area (Å²) in [6.45, 7) is 0.751. The van der Waals surface area contributed by atoms with Crippen LogP contribution in [0.1, 0.15) is 16.7 Å². The summed E-state index contributed by atoms with van der Waals surface area (Å²) in [5, 5.41) is 2.36. The van der Waals surface area contributed by atoms with Gasteiger partial charge < -0.3 is 5.32 Å². The summed E-state index contributed by atoms with van der Waals surface area (Å²) in [4.78, 5) is 12.3. The number of nitrogens with zero attached hydrogens (tertiary/aromatic N) is 1. The zero-order valence-electron chi connectivity index (χ0n) is 23.0. The van der Waals surface area contributed by atoms with Gasteiger partial charge in [-0.2, -0.15) is 26.3 Å². The molecule has 0 saturated carbocycles. The molecular weight excluding hydrogens is 648 g/mol. The van der Waals surface area contributed by atoms with E-state index in [2.05, 4.69) is 5.32 Å². The quantitative estimate of drug-likeness (QED) is 0.193. The minimum atomic E-state index is -4.80. The zero-order chi connectivity index (χ0) is 33.2. The van der Waals surface area contributed by atoms with Crippen LogP contribution >= 0.6 is 0 Å². The molecule has 2 N–H and O–H groups in total. The standard InChI is InChI=1S/C29H23F6N3O5S2/c1-19-8-12-26(13-9-19)45(42,43)38(24-7-3-5-21(17-24)29(33,34)35)18-27(39)36-22-10-14-25(15-11-22)44(40,41)37-23-6-2-4-20(16-23)28(30,31)32/h2-17,37H,18H2,1H3,(H,36,39). The van der Waals surface area contributed by atoms with Gasteiger partial charge in [0, 0.05) is 11.4 Å². The van der Waals surface area contributed by atoms with Gasteiger partial charge in [-0.15, -0.1) is 0 Å². The monoisotopic (exact) mass is 671 g/mol. The van der Waals surface area contributed by atoms with Crippen molar-refractivity contribution in [3.8, 4) is 0 Å². The maximum atomic E-state index is 13.5. The third kappa shape index (κ3) is 8.13. The van der Waals surface area contributed by atoms with Crippen LogP contribution in [0.15, 0.2) is 107 Å². The van der Waals surface area contributed by atoms with E-state index in [1.165, 1.54) is 24.3 Å². The van der Waals surface area contributed by atoms with Crippen molar-refractivity contribution in [1.82, 2.24) is 0 Å². The molecule has 0 heterocycles. The molecule has 0 saturated heterocycles. The number of anilines is 3. The number of alkyl halides is 6. The van der Waals surface area contributed by atoms with Crippen LogP contribution in [0, 0.1) is 6.92 Å². The lowest BCUT2D eigenvalue weighted by atomic mass is 10.2. The first-order chi connectivity index (χ1) is 20.9. The van der Waals surface area contributed by atoms with Gasteiger partial charge in [0.15, 0.2) is 0 Å². The predicted molar refractivity (Wildman–Crippen MR) is 154 cm³/mol. The average molecular weight is 672 g/mol. The normalized spacial score (nSPS) is 12.4. The van der Waals surface area contributed by atoms with Crippen LogP contribution in [0.3, 0.4) is 0 Å². The molecule has 16 heteroatoms. The molecule has 0 aliphatic carbocycles. The molecule has 0 spiro atoms. The van der Waals surface area contributed by atoms with E-state index in [1.807, 2.05) is 4.72 Å². The average Bonchev–Trinajstić information content (AvgIpc) is 2.95. The second kappa shape index (κ2) is 12.4. The Morgan fingerprint density at radius 3 is 1.80 bits per heavy atom. The highest BCUT2D eigenvalue weighted by molar-refractivity contribution is 7.93. The molecular formula is C29H23F6N3O5S2. The van der Waals surface area contributed by atoms with Crippen molar-refractivity contribution in [3.63, 3.8) is 0 Å². The van der Waals surface area contributed by atoms with Gasteiger partial charge >= 0.3 is 12.4 Å². The van der Waals surface area contributed by atoms with Crippen LogP contribution in [0.4, 0.5) is 43.4 Å². The maximum Gasteiger partial charge on any atom is 0.416 e. The fraction of sp³-hybridized carbons (Fsp3) is 0.138. The second-order valence-electron chi connectivity index (χ2n) is 9.63. The van der Waals surface area contributed by atoms with Gasteiger partial charge in [-0.3, -0.25) is 13.8 Å². The number of carbonyl (C=O) groups is 1. The molecule has 0 atom stereocenters. The van der Waals surface area contributed by atoms with Gasteiger partial charge in [-0.1, -0.05) is 29.8 Å². The number of nitrogens with one attached hydrogen (secondary N) is 2. The summed E-state index contributed by atoms with van der Waals surface area (Å²) in [7, 11) is -8.90. The van der Waals surface area contributed by atoms with E-state index in [1.54, 1.807) is 6.92 Å². The second-order valence-corrected chi connectivity index (χ2v) is 13.2. The fourth-order valence-corrected chi connectivity index (χ4v) is 6.47. The molecule has 45 heavy (non-hydrogen) atoms. The van der Waals surface area contributed by atoms with E-state index in [4.69, 9.17) is 0 Å². The number of sulfonamides is 2.